The lowest BCUT2D eigenvalue weighted by Gasteiger charge is -2.15. The second kappa shape index (κ2) is 5.34. The Morgan fingerprint density at radius 3 is 2.71 bits per heavy atom. The van der Waals surface area contributed by atoms with Gasteiger partial charge < -0.3 is 9.84 Å². The second-order valence-electron chi connectivity index (χ2n) is 3.84. The number of para-hydroxylation sites is 1. The first-order chi connectivity index (χ1) is 8.24. The minimum absolute atomic E-state index is 0.599. The van der Waals surface area contributed by atoms with Crippen LogP contribution in [0.15, 0.2) is 35.7 Å². The Labute approximate surface area is 105 Å². The fraction of sp³-hybridized carbons (Fsp3) is 0.286. The molecular formula is C14H16O2S. The summed E-state index contributed by atoms with van der Waals surface area (Å²) in [6, 6.07) is 9.67. The molecule has 0 aliphatic carbocycles. The summed E-state index contributed by atoms with van der Waals surface area (Å²) in [6.07, 6.45) is -0.599. The van der Waals surface area contributed by atoms with Crippen LogP contribution >= 0.6 is 11.3 Å². The molecule has 0 saturated carbocycles. The van der Waals surface area contributed by atoms with E-state index in [1.54, 1.807) is 11.3 Å². The van der Waals surface area contributed by atoms with Crippen LogP contribution in [0, 0.1) is 6.92 Å². The normalized spacial score (nSPS) is 12.4. The Balaban J connectivity index is 2.37. The highest BCUT2D eigenvalue weighted by molar-refractivity contribution is 7.10. The van der Waals surface area contributed by atoms with Crippen molar-refractivity contribution in [2.24, 2.45) is 0 Å². The lowest BCUT2D eigenvalue weighted by Crippen LogP contribution is -2.03. The fourth-order valence-electron chi connectivity index (χ4n) is 1.80. The summed E-state index contributed by atoms with van der Waals surface area (Å²) in [7, 11) is 0. The van der Waals surface area contributed by atoms with Gasteiger partial charge in [0.05, 0.1) is 6.61 Å². The van der Waals surface area contributed by atoms with Crippen molar-refractivity contribution in [1.82, 2.24) is 0 Å². The zero-order chi connectivity index (χ0) is 12.3. The van der Waals surface area contributed by atoms with Crippen molar-refractivity contribution in [3.8, 4) is 5.75 Å². The van der Waals surface area contributed by atoms with E-state index in [-0.39, 0.29) is 0 Å². The van der Waals surface area contributed by atoms with Crippen LogP contribution in [0.2, 0.25) is 0 Å². The van der Waals surface area contributed by atoms with Gasteiger partial charge in [-0.3, -0.25) is 0 Å². The maximum atomic E-state index is 10.4. The summed E-state index contributed by atoms with van der Waals surface area (Å²) in [6.45, 7) is 4.56. The van der Waals surface area contributed by atoms with Crippen molar-refractivity contribution >= 4 is 11.3 Å². The molecule has 0 spiro atoms. The lowest BCUT2D eigenvalue weighted by molar-refractivity contribution is 0.215. The van der Waals surface area contributed by atoms with Crippen LogP contribution in [0.1, 0.15) is 29.0 Å². The summed E-state index contributed by atoms with van der Waals surface area (Å²) < 4.78 is 5.54. The molecule has 2 aromatic rings. The number of rotatable bonds is 4. The monoisotopic (exact) mass is 248 g/mol. The van der Waals surface area contributed by atoms with Crippen LogP contribution < -0.4 is 4.74 Å². The number of thiophene rings is 1. The van der Waals surface area contributed by atoms with E-state index in [0.29, 0.717) is 6.61 Å². The van der Waals surface area contributed by atoms with Gasteiger partial charge in [-0.2, -0.15) is 0 Å². The maximum absolute atomic E-state index is 10.4. The average Bonchev–Trinajstić information content (AvgIpc) is 2.76. The van der Waals surface area contributed by atoms with E-state index in [1.165, 1.54) is 0 Å². The number of ether oxygens (including phenoxy) is 1. The van der Waals surface area contributed by atoms with Crippen LogP contribution in [-0.2, 0) is 0 Å². The Bertz CT molecular complexity index is 490. The molecule has 2 nitrogen and oxygen atoms in total. The van der Waals surface area contributed by atoms with Crippen molar-refractivity contribution in [3.63, 3.8) is 0 Å². The summed E-state index contributed by atoms with van der Waals surface area (Å²) in [5.41, 5.74) is 1.95. The molecule has 17 heavy (non-hydrogen) atoms. The predicted octanol–water partition coefficient (Wildman–Crippen LogP) is 3.54. The first kappa shape index (κ1) is 12.1. The number of aliphatic hydroxyl groups excluding tert-OH is 1. The summed E-state index contributed by atoms with van der Waals surface area (Å²) in [5, 5.41) is 12.4. The van der Waals surface area contributed by atoms with Gasteiger partial charge in [0.2, 0.25) is 0 Å². The molecule has 1 aromatic heterocycles. The van der Waals surface area contributed by atoms with Gasteiger partial charge in [-0.05, 0) is 36.9 Å². The van der Waals surface area contributed by atoms with E-state index in [4.69, 9.17) is 4.74 Å². The average molecular weight is 248 g/mol. The van der Waals surface area contributed by atoms with Crippen molar-refractivity contribution < 1.29 is 9.84 Å². The van der Waals surface area contributed by atoms with E-state index in [1.807, 2.05) is 49.6 Å². The summed E-state index contributed by atoms with van der Waals surface area (Å²) >= 11 is 1.57. The molecule has 1 atom stereocenters. The molecular weight excluding hydrogens is 232 g/mol. The number of benzene rings is 1. The molecule has 0 saturated heterocycles. The smallest absolute Gasteiger partial charge is 0.125 e. The van der Waals surface area contributed by atoms with E-state index in [9.17, 15) is 5.11 Å². The van der Waals surface area contributed by atoms with Crippen LogP contribution in [0.4, 0.5) is 0 Å². The van der Waals surface area contributed by atoms with Gasteiger partial charge in [0.1, 0.15) is 11.9 Å². The minimum Gasteiger partial charge on any atom is -0.493 e. The van der Waals surface area contributed by atoms with Crippen LogP contribution in [0.25, 0.3) is 0 Å². The quantitative estimate of drug-likeness (QED) is 0.896. The van der Waals surface area contributed by atoms with E-state index < -0.39 is 6.10 Å². The Morgan fingerprint density at radius 2 is 2.06 bits per heavy atom. The SMILES string of the molecule is CCOc1ccccc1C(O)c1sccc1C. The van der Waals surface area contributed by atoms with Gasteiger partial charge in [0.25, 0.3) is 0 Å². The molecule has 1 unspecified atom stereocenters. The van der Waals surface area contributed by atoms with Gasteiger partial charge in [-0.15, -0.1) is 11.3 Å². The first-order valence-electron chi connectivity index (χ1n) is 5.67. The summed E-state index contributed by atoms with van der Waals surface area (Å²) in [5.74, 6) is 0.760. The molecule has 0 radical (unpaired) electrons. The van der Waals surface area contributed by atoms with Crippen LogP contribution in [-0.4, -0.2) is 11.7 Å². The second-order valence-corrected chi connectivity index (χ2v) is 4.79. The molecule has 0 amide bonds. The molecule has 0 bridgehead atoms. The zero-order valence-electron chi connectivity index (χ0n) is 10.0. The van der Waals surface area contributed by atoms with Crippen molar-refractivity contribution in [2.45, 2.75) is 20.0 Å². The third kappa shape index (κ3) is 2.51. The van der Waals surface area contributed by atoms with Gasteiger partial charge >= 0.3 is 0 Å². The highest BCUT2D eigenvalue weighted by Gasteiger charge is 2.17. The third-order valence-corrected chi connectivity index (χ3v) is 3.73. The van der Waals surface area contributed by atoms with Crippen molar-refractivity contribution in [1.29, 1.82) is 0 Å². The number of aryl methyl sites for hydroxylation is 1. The standard InChI is InChI=1S/C14H16O2S/c1-3-16-12-7-5-4-6-11(12)13(15)14-10(2)8-9-17-14/h4-9,13,15H,3H2,1-2H3. The number of aliphatic hydroxyl groups is 1. The number of hydrogen-bond acceptors (Lipinski definition) is 3. The zero-order valence-corrected chi connectivity index (χ0v) is 10.8. The molecule has 1 aromatic carbocycles. The molecule has 2 rings (SSSR count). The van der Waals surface area contributed by atoms with Crippen LogP contribution in [0.5, 0.6) is 5.75 Å². The van der Waals surface area contributed by atoms with Gasteiger partial charge in [-0.1, -0.05) is 18.2 Å². The van der Waals surface area contributed by atoms with E-state index >= 15 is 0 Å². The molecule has 0 aliphatic rings. The minimum atomic E-state index is -0.599. The highest BCUT2D eigenvalue weighted by atomic mass is 32.1. The number of hydrogen-bond donors (Lipinski definition) is 1. The Hall–Kier alpha value is -1.32. The van der Waals surface area contributed by atoms with Crippen LogP contribution in [0.3, 0.4) is 0 Å². The molecule has 1 N–H and O–H groups in total. The largest absolute Gasteiger partial charge is 0.493 e. The molecule has 0 aliphatic heterocycles. The maximum Gasteiger partial charge on any atom is 0.125 e. The van der Waals surface area contributed by atoms with Crippen molar-refractivity contribution in [3.05, 3.63) is 51.7 Å². The molecule has 0 fully saturated rings. The van der Waals surface area contributed by atoms with Gasteiger partial charge in [0, 0.05) is 10.4 Å². The molecule has 90 valence electrons. The Kier molecular flexibility index (Phi) is 3.82. The van der Waals surface area contributed by atoms with Gasteiger partial charge in [-0.25, -0.2) is 0 Å². The first-order valence-corrected chi connectivity index (χ1v) is 6.55. The summed E-state index contributed by atoms with van der Waals surface area (Å²) in [4.78, 5) is 0.983. The highest BCUT2D eigenvalue weighted by Crippen LogP contribution is 2.34. The van der Waals surface area contributed by atoms with Crippen molar-refractivity contribution in [2.75, 3.05) is 6.61 Å². The van der Waals surface area contributed by atoms with Gasteiger partial charge in [0.15, 0.2) is 0 Å². The molecule has 3 heteroatoms. The van der Waals surface area contributed by atoms with E-state index in [2.05, 4.69) is 0 Å². The van der Waals surface area contributed by atoms with E-state index in [0.717, 1.165) is 21.8 Å². The topological polar surface area (TPSA) is 29.5 Å². The predicted molar refractivity (Wildman–Crippen MR) is 70.7 cm³/mol. The molecule has 1 heterocycles. The lowest BCUT2D eigenvalue weighted by atomic mass is 10.0. The Morgan fingerprint density at radius 1 is 1.29 bits per heavy atom. The third-order valence-electron chi connectivity index (χ3n) is 2.66. The fourth-order valence-corrected chi connectivity index (χ4v) is 2.73.